The van der Waals surface area contributed by atoms with Gasteiger partial charge in [-0.05, 0) is 50.5 Å². The second kappa shape index (κ2) is 6.31. The Morgan fingerprint density at radius 3 is 2.52 bits per heavy atom. The van der Waals surface area contributed by atoms with Crippen LogP contribution in [0.2, 0.25) is 0 Å². The molecule has 23 heavy (non-hydrogen) atoms. The van der Waals surface area contributed by atoms with Crippen LogP contribution in [-0.2, 0) is 19.4 Å². The van der Waals surface area contributed by atoms with E-state index in [2.05, 4.69) is 5.32 Å². The number of benzene rings is 1. The van der Waals surface area contributed by atoms with Crippen molar-refractivity contribution in [2.75, 3.05) is 18.1 Å². The van der Waals surface area contributed by atoms with Crippen molar-refractivity contribution < 1.29 is 22.7 Å². The third-order valence-electron chi connectivity index (χ3n) is 4.02. The summed E-state index contributed by atoms with van der Waals surface area (Å²) in [6.45, 7) is 5.08. The van der Waals surface area contributed by atoms with Gasteiger partial charge in [0.1, 0.15) is 0 Å². The maximum Gasteiger partial charge on any atom is 0.338 e. The van der Waals surface area contributed by atoms with Crippen LogP contribution in [0.25, 0.3) is 0 Å². The molecule has 2 rings (SSSR count). The van der Waals surface area contributed by atoms with Gasteiger partial charge in [0.05, 0.1) is 22.6 Å². The van der Waals surface area contributed by atoms with E-state index in [1.54, 1.807) is 19.1 Å². The molecule has 1 aliphatic heterocycles. The zero-order valence-electron chi connectivity index (χ0n) is 13.5. The second-order valence-electron chi connectivity index (χ2n) is 6.33. The van der Waals surface area contributed by atoms with E-state index < -0.39 is 33.9 Å². The van der Waals surface area contributed by atoms with Gasteiger partial charge in [-0.3, -0.25) is 4.79 Å². The van der Waals surface area contributed by atoms with Gasteiger partial charge >= 0.3 is 5.97 Å². The van der Waals surface area contributed by atoms with Gasteiger partial charge in [-0.1, -0.05) is 6.07 Å². The molecule has 0 unspecified atom stereocenters. The number of aryl methyl sites for hydroxylation is 2. The molecular formula is C16H21NO5S. The third kappa shape index (κ3) is 4.54. The number of rotatable bonds is 4. The van der Waals surface area contributed by atoms with Crippen LogP contribution in [-0.4, -0.2) is 43.9 Å². The summed E-state index contributed by atoms with van der Waals surface area (Å²) in [5.74, 6) is -1.10. The smallest absolute Gasteiger partial charge is 0.338 e. The van der Waals surface area contributed by atoms with Crippen LogP contribution in [0.3, 0.4) is 0 Å². The molecular weight excluding hydrogens is 318 g/mol. The Balaban J connectivity index is 1.89. The Hall–Kier alpha value is -1.89. The van der Waals surface area contributed by atoms with Gasteiger partial charge in [0.25, 0.3) is 5.91 Å². The highest BCUT2D eigenvalue weighted by Gasteiger charge is 2.39. The predicted molar refractivity (Wildman–Crippen MR) is 86.0 cm³/mol. The predicted octanol–water partition coefficient (Wildman–Crippen LogP) is 1.15. The minimum atomic E-state index is -3.11. The number of carbonyl (C=O) groups is 2. The Morgan fingerprint density at radius 1 is 1.26 bits per heavy atom. The Labute approximate surface area is 136 Å². The zero-order valence-corrected chi connectivity index (χ0v) is 14.3. The molecule has 0 bridgehead atoms. The molecule has 1 heterocycles. The molecule has 1 saturated heterocycles. The lowest BCUT2D eigenvalue weighted by Gasteiger charge is -2.23. The average molecular weight is 339 g/mol. The normalized spacial score (nSPS) is 22.6. The molecule has 1 aromatic rings. The Bertz CT molecular complexity index is 741. The lowest BCUT2D eigenvalue weighted by atomic mass is 10.0. The van der Waals surface area contributed by atoms with Gasteiger partial charge < -0.3 is 10.1 Å². The standard InChI is InChI=1S/C16H21NO5S/c1-11-4-5-13(8-12(11)2)15(19)22-9-14(18)17-16(3)6-7-23(20,21)10-16/h4-5,8H,6-7,9-10H2,1-3H3,(H,17,18)/t16-/m0/s1. The quantitative estimate of drug-likeness (QED) is 0.831. The third-order valence-corrected chi connectivity index (χ3v) is 5.92. The summed E-state index contributed by atoms with van der Waals surface area (Å²) < 4.78 is 28.0. The van der Waals surface area contributed by atoms with E-state index in [1.807, 2.05) is 19.9 Å². The molecule has 126 valence electrons. The Morgan fingerprint density at radius 2 is 1.96 bits per heavy atom. The molecule has 0 aromatic heterocycles. The Kier molecular flexibility index (Phi) is 4.79. The van der Waals surface area contributed by atoms with Crippen molar-refractivity contribution >= 4 is 21.7 Å². The molecule has 0 radical (unpaired) electrons. The van der Waals surface area contributed by atoms with E-state index in [-0.39, 0.29) is 11.5 Å². The summed E-state index contributed by atoms with van der Waals surface area (Å²) in [7, 11) is -3.11. The highest BCUT2D eigenvalue weighted by atomic mass is 32.2. The largest absolute Gasteiger partial charge is 0.452 e. The van der Waals surface area contributed by atoms with Crippen LogP contribution >= 0.6 is 0 Å². The maximum atomic E-state index is 11.9. The number of hydrogen-bond acceptors (Lipinski definition) is 5. The van der Waals surface area contributed by atoms with Crippen LogP contribution in [0.4, 0.5) is 0 Å². The highest BCUT2D eigenvalue weighted by molar-refractivity contribution is 7.91. The molecule has 0 spiro atoms. The summed E-state index contributed by atoms with van der Waals surface area (Å²) in [5, 5.41) is 2.64. The first-order chi connectivity index (χ1) is 10.6. The van der Waals surface area contributed by atoms with E-state index >= 15 is 0 Å². The average Bonchev–Trinajstić information content (AvgIpc) is 2.72. The van der Waals surface area contributed by atoms with E-state index in [4.69, 9.17) is 4.74 Å². The second-order valence-corrected chi connectivity index (χ2v) is 8.51. The molecule has 6 nitrogen and oxygen atoms in total. The van der Waals surface area contributed by atoms with Gasteiger partial charge in [-0.2, -0.15) is 0 Å². The summed E-state index contributed by atoms with van der Waals surface area (Å²) >= 11 is 0. The molecule has 1 fully saturated rings. The number of hydrogen-bond donors (Lipinski definition) is 1. The first-order valence-corrected chi connectivity index (χ1v) is 9.18. The number of ether oxygens (including phenoxy) is 1. The van der Waals surface area contributed by atoms with Crippen LogP contribution in [0.5, 0.6) is 0 Å². The first kappa shape index (κ1) is 17.5. The van der Waals surface area contributed by atoms with E-state index in [0.717, 1.165) is 11.1 Å². The monoisotopic (exact) mass is 339 g/mol. The van der Waals surface area contributed by atoms with Crippen LogP contribution < -0.4 is 5.32 Å². The lowest BCUT2D eigenvalue weighted by molar-refractivity contribution is -0.125. The highest BCUT2D eigenvalue weighted by Crippen LogP contribution is 2.22. The molecule has 0 aliphatic carbocycles. The molecule has 1 N–H and O–H groups in total. The number of amides is 1. The van der Waals surface area contributed by atoms with Crippen molar-refractivity contribution in [3.63, 3.8) is 0 Å². The minimum absolute atomic E-state index is 0.0617. The number of carbonyl (C=O) groups excluding carboxylic acids is 2. The SMILES string of the molecule is Cc1ccc(C(=O)OCC(=O)N[C@@]2(C)CCS(=O)(=O)C2)cc1C. The molecule has 0 saturated carbocycles. The summed E-state index contributed by atoms with van der Waals surface area (Å²) in [4.78, 5) is 23.8. The van der Waals surface area contributed by atoms with Crippen LogP contribution in [0, 0.1) is 13.8 Å². The molecule has 1 amide bonds. The summed E-state index contributed by atoms with van der Waals surface area (Å²) in [5.41, 5.74) is 1.63. The maximum absolute atomic E-state index is 11.9. The first-order valence-electron chi connectivity index (χ1n) is 7.36. The number of esters is 1. The van der Waals surface area contributed by atoms with Crippen molar-refractivity contribution in [2.45, 2.75) is 32.7 Å². The van der Waals surface area contributed by atoms with Crippen molar-refractivity contribution in [2.24, 2.45) is 0 Å². The topological polar surface area (TPSA) is 89.5 Å². The van der Waals surface area contributed by atoms with Crippen LogP contribution in [0.15, 0.2) is 18.2 Å². The van der Waals surface area contributed by atoms with Crippen LogP contribution in [0.1, 0.15) is 34.8 Å². The van der Waals surface area contributed by atoms with E-state index in [1.165, 1.54) is 0 Å². The summed E-state index contributed by atoms with van der Waals surface area (Å²) in [6.07, 6.45) is 0.367. The fourth-order valence-corrected chi connectivity index (χ4v) is 4.66. The molecule has 1 atom stereocenters. The fourth-order valence-electron chi connectivity index (χ4n) is 2.56. The minimum Gasteiger partial charge on any atom is -0.452 e. The van der Waals surface area contributed by atoms with Gasteiger partial charge in [-0.15, -0.1) is 0 Å². The summed E-state index contributed by atoms with van der Waals surface area (Å²) in [6, 6.07) is 5.17. The molecule has 7 heteroatoms. The van der Waals surface area contributed by atoms with Crippen molar-refractivity contribution in [1.29, 1.82) is 0 Å². The number of sulfone groups is 1. The van der Waals surface area contributed by atoms with Gasteiger partial charge in [-0.25, -0.2) is 13.2 Å². The van der Waals surface area contributed by atoms with E-state index in [0.29, 0.717) is 12.0 Å². The van der Waals surface area contributed by atoms with Gasteiger partial charge in [0, 0.05) is 0 Å². The van der Waals surface area contributed by atoms with Crippen molar-refractivity contribution in [1.82, 2.24) is 5.32 Å². The van der Waals surface area contributed by atoms with E-state index in [9.17, 15) is 18.0 Å². The fraction of sp³-hybridized carbons (Fsp3) is 0.500. The zero-order chi connectivity index (χ0) is 17.3. The van der Waals surface area contributed by atoms with Gasteiger partial charge in [0.2, 0.25) is 0 Å². The lowest BCUT2D eigenvalue weighted by Crippen LogP contribution is -2.48. The molecule has 1 aromatic carbocycles. The van der Waals surface area contributed by atoms with Crippen molar-refractivity contribution in [3.05, 3.63) is 34.9 Å². The van der Waals surface area contributed by atoms with Gasteiger partial charge in [0.15, 0.2) is 16.4 Å². The molecule has 1 aliphatic rings. The van der Waals surface area contributed by atoms with Crippen molar-refractivity contribution in [3.8, 4) is 0 Å². The number of nitrogens with one attached hydrogen (secondary N) is 1.